The molecule has 3 nitrogen and oxygen atoms in total. The van der Waals surface area contributed by atoms with E-state index in [1.54, 1.807) is 30.3 Å². The number of carbonyl (C=O) groups is 1. The van der Waals surface area contributed by atoms with Crippen LogP contribution in [0.2, 0.25) is 0 Å². The maximum absolute atomic E-state index is 11.1. The van der Waals surface area contributed by atoms with Gasteiger partial charge in [0.2, 0.25) is 0 Å². The van der Waals surface area contributed by atoms with E-state index in [4.69, 9.17) is 5.73 Å². The van der Waals surface area contributed by atoms with Crippen molar-refractivity contribution in [3.05, 3.63) is 48.0 Å². The van der Waals surface area contributed by atoms with Gasteiger partial charge in [0.25, 0.3) is 0 Å². The molecule has 4 heteroatoms. The predicted molar refractivity (Wildman–Crippen MR) is 62.2 cm³/mol. The Morgan fingerprint density at radius 1 is 1.47 bits per heavy atom. The van der Waals surface area contributed by atoms with Crippen LogP contribution >= 0.6 is 12.4 Å². The van der Waals surface area contributed by atoms with Gasteiger partial charge >= 0.3 is 5.97 Å². The highest BCUT2D eigenvalue weighted by Crippen LogP contribution is 2.12. The summed E-state index contributed by atoms with van der Waals surface area (Å²) in [5.41, 5.74) is 7.16. The second-order valence-electron chi connectivity index (χ2n) is 2.88. The standard InChI is InChI=1S/C11H13NO2.ClH/c1-3-10(12)8-4-6-9(7-5-8)11(13)14-2;/h3-7,10H,1,12H2,2H3;1H/t10-;/m1./s1. The number of halogens is 1. The summed E-state index contributed by atoms with van der Waals surface area (Å²) in [5.74, 6) is -0.344. The summed E-state index contributed by atoms with van der Waals surface area (Å²) < 4.78 is 4.57. The number of methoxy groups -OCH3 is 1. The van der Waals surface area contributed by atoms with Crippen molar-refractivity contribution in [3.63, 3.8) is 0 Å². The molecular weight excluding hydrogens is 214 g/mol. The Hall–Kier alpha value is -1.32. The molecule has 0 amide bonds. The summed E-state index contributed by atoms with van der Waals surface area (Å²) in [6, 6.07) is 6.76. The van der Waals surface area contributed by atoms with Crippen molar-refractivity contribution < 1.29 is 9.53 Å². The van der Waals surface area contributed by atoms with Crippen LogP contribution in [-0.4, -0.2) is 13.1 Å². The van der Waals surface area contributed by atoms with Gasteiger partial charge in [-0.05, 0) is 17.7 Å². The lowest BCUT2D eigenvalue weighted by molar-refractivity contribution is 0.0600. The van der Waals surface area contributed by atoms with Crippen molar-refractivity contribution in [1.29, 1.82) is 0 Å². The molecule has 0 unspecified atom stereocenters. The Kier molecular flexibility index (Phi) is 5.67. The van der Waals surface area contributed by atoms with E-state index >= 15 is 0 Å². The Morgan fingerprint density at radius 3 is 2.40 bits per heavy atom. The van der Waals surface area contributed by atoms with Crippen molar-refractivity contribution in [2.24, 2.45) is 5.73 Å². The molecule has 1 atom stereocenters. The van der Waals surface area contributed by atoms with Crippen LogP contribution in [0.1, 0.15) is 22.0 Å². The highest BCUT2D eigenvalue weighted by Gasteiger charge is 2.06. The average Bonchev–Trinajstić information content (AvgIpc) is 2.27. The van der Waals surface area contributed by atoms with Crippen LogP contribution in [0.5, 0.6) is 0 Å². The molecule has 2 N–H and O–H groups in total. The normalized spacial score (nSPS) is 11.1. The molecule has 0 aliphatic rings. The van der Waals surface area contributed by atoms with E-state index in [0.29, 0.717) is 5.56 Å². The van der Waals surface area contributed by atoms with Gasteiger partial charge in [-0.1, -0.05) is 18.2 Å². The molecule has 1 rings (SSSR count). The van der Waals surface area contributed by atoms with Gasteiger partial charge in [-0.2, -0.15) is 0 Å². The summed E-state index contributed by atoms with van der Waals surface area (Å²) in [7, 11) is 1.35. The molecule has 0 aliphatic heterocycles. The monoisotopic (exact) mass is 227 g/mol. The summed E-state index contributed by atoms with van der Waals surface area (Å²) >= 11 is 0. The van der Waals surface area contributed by atoms with Gasteiger partial charge in [-0.15, -0.1) is 19.0 Å². The van der Waals surface area contributed by atoms with E-state index in [-0.39, 0.29) is 24.4 Å². The molecule has 0 heterocycles. The second kappa shape index (κ2) is 6.22. The van der Waals surface area contributed by atoms with Crippen LogP contribution in [0.25, 0.3) is 0 Å². The Balaban J connectivity index is 0.00000196. The van der Waals surface area contributed by atoms with E-state index < -0.39 is 0 Å². The van der Waals surface area contributed by atoms with Crippen molar-refractivity contribution in [3.8, 4) is 0 Å². The van der Waals surface area contributed by atoms with Crippen molar-refractivity contribution in [1.82, 2.24) is 0 Å². The third-order valence-electron chi connectivity index (χ3n) is 1.97. The fourth-order valence-electron chi connectivity index (χ4n) is 1.10. The number of carbonyl (C=O) groups excluding carboxylic acids is 1. The van der Waals surface area contributed by atoms with Gasteiger partial charge in [0, 0.05) is 6.04 Å². The summed E-state index contributed by atoms with van der Waals surface area (Å²) in [4.78, 5) is 11.1. The van der Waals surface area contributed by atoms with Gasteiger partial charge in [-0.3, -0.25) is 0 Å². The van der Waals surface area contributed by atoms with E-state index in [1.165, 1.54) is 7.11 Å². The van der Waals surface area contributed by atoms with Crippen molar-refractivity contribution >= 4 is 18.4 Å². The molecule has 0 radical (unpaired) electrons. The fraction of sp³-hybridized carbons (Fsp3) is 0.182. The lowest BCUT2D eigenvalue weighted by atomic mass is 10.1. The number of hydrogen-bond donors (Lipinski definition) is 1. The van der Waals surface area contributed by atoms with Crippen LogP contribution in [-0.2, 0) is 4.74 Å². The molecule has 0 saturated carbocycles. The minimum atomic E-state index is -0.344. The number of benzene rings is 1. The van der Waals surface area contributed by atoms with Gasteiger partial charge in [-0.25, -0.2) is 4.79 Å². The van der Waals surface area contributed by atoms with E-state index in [9.17, 15) is 4.79 Å². The molecular formula is C11H14ClNO2. The minimum absolute atomic E-state index is 0. The number of nitrogens with two attached hydrogens (primary N) is 1. The van der Waals surface area contributed by atoms with Crippen LogP contribution in [0.3, 0.4) is 0 Å². The topological polar surface area (TPSA) is 52.3 Å². The number of ether oxygens (including phenoxy) is 1. The van der Waals surface area contributed by atoms with Gasteiger partial charge in [0.1, 0.15) is 0 Å². The zero-order valence-corrected chi connectivity index (χ0v) is 9.29. The maximum Gasteiger partial charge on any atom is 0.337 e. The Bertz CT molecular complexity index is 335. The molecule has 1 aromatic rings. The summed E-state index contributed by atoms with van der Waals surface area (Å²) in [6.07, 6.45) is 1.65. The van der Waals surface area contributed by atoms with Gasteiger partial charge in [0.05, 0.1) is 12.7 Å². The van der Waals surface area contributed by atoms with Crippen LogP contribution < -0.4 is 5.73 Å². The van der Waals surface area contributed by atoms with E-state index in [0.717, 1.165) is 5.56 Å². The van der Waals surface area contributed by atoms with Crippen LogP contribution in [0, 0.1) is 0 Å². The van der Waals surface area contributed by atoms with Crippen LogP contribution in [0.4, 0.5) is 0 Å². The molecule has 0 fully saturated rings. The Morgan fingerprint density at radius 2 is 2.00 bits per heavy atom. The maximum atomic E-state index is 11.1. The van der Waals surface area contributed by atoms with Gasteiger partial charge in [0.15, 0.2) is 0 Å². The average molecular weight is 228 g/mol. The zero-order valence-electron chi connectivity index (χ0n) is 8.47. The molecule has 0 bridgehead atoms. The minimum Gasteiger partial charge on any atom is -0.465 e. The first-order chi connectivity index (χ1) is 6.69. The quantitative estimate of drug-likeness (QED) is 0.636. The van der Waals surface area contributed by atoms with Gasteiger partial charge < -0.3 is 10.5 Å². The number of rotatable bonds is 3. The highest BCUT2D eigenvalue weighted by molar-refractivity contribution is 5.89. The molecule has 0 aromatic heterocycles. The largest absolute Gasteiger partial charge is 0.465 e. The third-order valence-corrected chi connectivity index (χ3v) is 1.97. The van der Waals surface area contributed by atoms with E-state index in [2.05, 4.69) is 11.3 Å². The molecule has 82 valence electrons. The lowest BCUT2D eigenvalue weighted by Crippen LogP contribution is -2.07. The number of hydrogen-bond acceptors (Lipinski definition) is 3. The molecule has 15 heavy (non-hydrogen) atoms. The first kappa shape index (κ1) is 13.7. The smallest absolute Gasteiger partial charge is 0.337 e. The summed E-state index contributed by atoms with van der Waals surface area (Å²) in [6.45, 7) is 3.59. The van der Waals surface area contributed by atoms with Crippen LogP contribution in [0.15, 0.2) is 36.9 Å². The third kappa shape index (κ3) is 3.38. The molecule has 0 saturated heterocycles. The summed E-state index contributed by atoms with van der Waals surface area (Å²) in [5, 5.41) is 0. The number of esters is 1. The van der Waals surface area contributed by atoms with Crippen molar-refractivity contribution in [2.75, 3.05) is 7.11 Å². The predicted octanol–water partition coefficient (Wildman–Crippen LogP) is 2.08. The fourth-order valence-corrected chi connectivity index (χ4v) is 1.10. The molecule has 1 aromatic carbocycles. The molecule has 0 spiro atoms. The SMILES string of the molecule is C=C[C@@H](N)c1ccc(C(=O)OC)cc1.Cl. The van der Waals surface area contributed by atoms with Crippen molar-refractivity contribution in [2.45, 2.75) is 6.04 Å². The first-order valence-electron chi connectivity index (χ1n) is 4.25. The molecule has 0 aliphatic carbocycles. The highest BCUT2D eigenvalue weighted by atomic mass is 35.5. The zero-order chi connectivity index (χ0) is 10.6. The van der Waals surface area contributed by atoms with E-state index in [1.807, 2.05) is 0 Å². The lowest BCUT2D eigenvalue weighted by Gasteiger charge is -2.06. The first-order valence-corrected chi connectivity index (χ1v) is 4.25. The second-order valence-corrected chi connectivity index (χ2v) is 2.88. The Labute approximate surface area is 95.3 Å².